The summed E-state index contributed by atoms with van der Waals surface area (Å²) in [4.78, 5) is 20.7. The Kier molecular flexibility index (Phi) is 5.99. The summed E-state index contributed by atoms with van der Waals surface area (Å²) in [6.07, 6.45) is 6.73. The number of ether oxygens (including phenoxy) is 1. The normalized spacial score (nSPS) is 19.0. The van der Waals surface area contributed by atoms with Gasteiger partial charge in [0.25, 0.3) is 0 Å². The summed E-state index contributed by atoms with van der Waals surface area (Å²) in [6.45, 7) is 8.27. The molecule has 1 aliphatic heterocycles. The average molecular weight is 319 g/mol. The van der Waals surface area contributed by atoms with Crippen LogP contribution < -0.4 is 0 Å². The number of rotatable bonds is 4. The van der Waals surface area contributed by atoms with Gasteiger partial charge in [0.1, 0.15) is 5.60 Å². The number of nitrogens with zero attached hydrogens (tertiary/aromatic N) is 3. The molecule has 0 aromatic carbocycles. The number of piperidine rings is 1. The molecule has 5 nitrogen and oxygen atoms in total. The van der Waals surface area contributed by atoms with Gasteiger partial charge >= 0.3 is 6.09 Å². The molecule has 1 aliphatic rings. The fourth-order valence-electron chi connectivity index (χ4n) is 2.98. The predicted molar refractivity (Wildman–Crippen MR) is 91.2 cm³/mol. The first-order chi connectivity index (χ1) is 10.8. The van der Waals surface area contributed by atoms with E-state index in [9.17, 15) is 4.79 Å². The zero-order valence-corrected chi connectivity index (χ0v) is 14.8. The maximum Gasteiger partial charge on any atom is 0.410 e. The molecule has 5 heteroatoms. The maximum absolute atomic E-state index is 12.4. The van der Waals surface area contributed by atoms with Crippen LogP contribution >= 0.6 is 0 Å². The van der Waals surface area contributed by atoms with Crippen LogP contribution in [0, 0.1) is 0 Å². The minimum Gasteiger partial charge on any atom is -0.444 e. The molecule has 1 unspecified atom stereocenters. The Morgan fingerprint density at radius 1 is 1.35 bits per heavy atom. The van der Waals surface area contributed by atoms with Gasteiger partial charge in [0.15, 0.2) is 0 Å². The Morgan fingerprint density at radius 2 is 2.04 bits per heavy atom. The smallest absolute Gasteiger partial charge is 0.410 e. The van der Waals surface area contributed by atoms with E-state index >= 15 is 0 Å². The summed E-state index contributed by atoms with van der Waals surface area (Å²) in [7, 11) is 2.10. The van der Waals surface area contributed by atoms with Gasteiger partial charge in [-0.25, -0.2) is 4.79 Å². The highest BCUT2D eigenvalue weighted by Gasteiger charge is 2.30. The first kappa shape index (κ1) is 17.7. The van der Waals surface area contributed by atoms with Crippen molar-refractivity contribution in [2.45, 2.75) is 58.2 Å². The lowest BCUT2D eigenvalue weighted by Crippen LogP contribution is -2.50. The molecule has 0 saturated carbocycles. The summed E-state index contributed by atoms with van der Waals surface area (Å²) in [5.41, 5.74) is 0.796. The maximum atomic E-state index is 12.4. The molecule has 0 spiro atoms. The van der Waals surface area contributed by atoms with Gasteiger partial charge in [0.2, 0.25) is 0 Å². The van der Waals surface area contributed by atoms with Crippen molar-refractivity contribution in [1.82, 2.24) is 14.8 Å². The van der Waals surface area contributed by atoms with Crippen LogP contribution in [0.4, 0.5) is 4.79 Å². The van der Waals surface area contributed by atoms with Crippen LogP contribution in [0.5, 0.6) is 0 Å². The Labute approximate surface area is 139 Å². The molecule has 1 saturated heterocycles. The molecule has 0 radical (unpaired) electrons. The second-order valence-electron chi connectivity index (χ2n) is 7.38. The third kappa shape index (κ3) is 5.82. The first-order valence-electron chi connectivity index (χ1n) is 8.42. The van der Waals surface area contributed by atoms with Crippen LogP contribution in [-0.2, 0) is 11.3 Å². The molecule has 128 valence electrons. The minimum atomic E-state index is -0.442. The zero-order valence-electron chi connectivity index (χ0n) is 14.8. The van der Waals surface area contributed by atoms with E-state index in [2.05, 4.69) is 16.9 Å². The van der Waals surface area contributed by atoms with Gasteiger partial charge in [-0.1, -0.05) is 0 Å². The molecule has 1 aromatic rings. The zero-order chi connectivity index (χ0) is 16.9. The summed E-state index contributed by atoms with van der Waals surface area (Å²) in [5.74, 6) is 0. The van der Waals surface area contributed by atoms with E-state index < -0.39 is 5.60 Å². The lowest BCUT2D eigenvalue weighted by Gasteiger charge is -2.38. The highest BCUT2D eigenvalue weighted by molar-refractivity contribution is 5.68. The molecule has 0 aliphatic carbocycles. The van der Waals surface area contributed by atoms with E-state index in [0.717, 1.165) is 32.5 Å². The van der Waals surface area contributed by atoms with Crippen LogP contribution in [-0.4, -0.2) is 52.7 Å². The van der Waals surface area contributed by atoms with Crippen LogP contribution in [0.1, 0.15) is 45.6 Å². The Balaban J connectivity index is 1.94. The minimum absolute atomic E-state index is 0.181. The van der Waals surface area contributed by atoms with E-state index in [1.54, 1.807) is 0 Å². The number of amides is 1. The van der Waals surface area contributed by atoms with Gasteiger partial charge in [0, 0.05) is 38.1 Å². The van der Waals surface area contributed by atoms with E-state index in [0.29, 0.717) is 0 Å². The van der Waals surface area contributed by atoms with E-state index in [4.69, 9.17) is 4.74 Å². The lowest BCUT2D eigenvalue weighted by molar-refractivity contribution is 0.00587. The fraction of sp³-hybridized carbons (Fsp3) is 0.667. The molecule has 1 atom stereocenters. The second-order valence-corrected chi connectivity index (χ2v) is 7.38. The Morgan fingerprint density at radius 3 is 2.70 bits per heavy atom. The molecule has 2 rings (SSSR count). The van der Waals surface area contributed by atoms with E-state index in [-0.39, 0.29) is 12.1 Å². The van der Waals surface area contributed by atoms with Crippen molar-refractivity contribution < 1.29 is 9.53 Å². The Hall–Kier alpha value is -1.62. The first-order valence-corrected chi connectivity index (χ1v) is 8.42. The number of pyridine rings is 1. The molecule has 23 heavy (non-hydrogen) atoms. The summed E-state index contributed by atoms with van der Waals surface area (Å²) in [5, 5.41) is 0. The fourth-order valence-corrected chi connectivity index (χ4v) is 2.98. The van der Waals surface area contributed by atoms with Crippen molar-refractivity contribution in [1.29, 1.82) is 0 Å². The van der Waals surface area contributed by atoms with E-state index in [1.165, 1.54) is 12.0 Å². The molecule has 2 heterocycles. The summed E-state index contributed by atoms with van der Waals surface area (Å²) in [6, 6.07) is 4.29. The molecule has 1 aromatic heterocycles. The molecule has 0 N–H and O–H groups in total. The number of carbonyl (C=O) groups excluding carboxylic acids is 1. The number of hydrogen-bond acceptors (Lipinski definition) is 4. The molecule has 1 fully saturated rings. The van der Waals surface area contributed by atoms with Gasteiger partial charge in [-0.05, 0) is 64.8 Å². The largest absolute Gasteiger partial charge is 0.444 e. The molecular weight excluding hydrogens is 290 g/mol. The van der Waals surface area contributed by atoms with Crippen molar-refractivity contribution in [2.75, 3.05) is 20.1 Å². The molecular formula is C18H29N3O2. The van der Waals surface area contributed by atoms with Gasteiger partial charge < -0.3 is 14.5 Å². The monoisotopic (exact) mass is 319 g/mol. The van der Waals surface area contributed by atoms with Crippen molar-refractivity contribution in [2.24, 2.45) is 0 Å². The van der Waals surface area contributed by atoms with Crippen LogP contribution in [0.15, 0.2) is 24.5 Å². The number of carbonyl (C=O) groups is 1. The second kappa shape index (κ2) is 7.77. The predicted octanol–water partition coefficient (Wildman–Crippen LogP) is 3.30. The van der Waals surface area contributed by atoms with Crippen molar-refractivity contribution in [3.05, 3.63) is 30.1 Å². The topological polar surface area (TPSA) is 45.7 Å². The van der Waals surface area contributed by atoms with Gasteiger partial charge in [0.05, 0.1) is 0 Å². The standard InChI is InChI=1S/C18H29N3O2/c1-18(2,3)23-17(22)21-12-6-5-7-16(21)14-20(4)13-15-8-10-19-11-9-15/h8-11,16H,5-7,12-14H2,1-4H3. The lowest BCUT2D eigenvalue weighted by atomic mass is 10.0. The van der Waals surface area contributed by atoms with Crippen molar-refractivity contribution >= 4 is 6.09 Å². The molecule has 1 amide bonds. The number of likely N-dealkylation sites (tertiary alicyclic amines) is 1. The Bertz CT molecular complexity index is 499. The number of aromatic nitrogens is 1. The van der Waals surface area contributed by atoms with Gasteiger partial charge in [-0.3, -0.25) is 4.98 Å². The summed E-state index contributed by atoms with van der Waals surface area (Å²) >= 11 is 0. The van der Waals surface area contributed by atoms with E-state index in [1.807, 2.05) is 50.2 Å². The van der Waals surface area contributed by atoms with Crippen LogP contribution in [0.2, 0.25) is 0 Å². The quantitative estimate of drug-likeness (QED) is 0.854. The third-order valence-electron chi connectivity index (χ3n) is 3.98. The number of likely N-dealkylation sites (N-methyl/N-ethyl adjacent to an activating group) is 1. The van der Waals surface area contributed by atoms with Crippen molar-refractivity contribution in [3.8, 4) is 0 Å². The highest BCUT2D eigenvalue weighted by Crippen LogP contribution is 2.21. The third-order valence-corrected chi connectivity index (χ3v) is 3.98. The average Bonchev–Trinajstić information content (AvgIpc) is 2.47. The summed E-state index contributed by atoms with van der Waals surface area (Å²) < 4.78 is 5.57. The van der Waals surface area contributed by atoms with Gasteiger partial charge in [-0.2, -0.15) is 0 Å². The SMILES string of the molecule is CN(Cc1ccncc1)CC1CCCCN1C(=O)OC(C)(C)C. The van der Waals surface area contributed by atoms with Gasteiger partial charge in [-0.15, -0.1) is 0 Å². The van der Waals surface area contributed by atoms with Crippen molar-refractivity contribution in [3.63, 3.8) is 0 Å². The van der Waals surface area contributed by atoms with Crippen LogP contribution in [0.3, 0.4) is 0 Å². The molecule has 0 bridgehead atoms. The number of hydrogen-bond donors (Lipinski definition) is 0. The van der Waals surface area contributed by atoms with Crippen LogP contribution in [0.25, 0.3) is 0 Å². The highest BCUT2D eigenvalue weighted by atomic mass is 16.6.